The van der Waals surface area contributed by atoms with Gasteiger partial charge < -0.3 is 9.64 Å². The first kappa shape index (κ1) is 22.3. The largest absolute Gasteiger partial charge is 0.484 e. The molecule has 1 saturated heterocycles. The highest BCUT2D eigenvalue weighted by Crippen LogP contribution is 2.24. The van der Waals surface area contributed by atoms with E-state index in [9.17, 15) is 13.2 Å². The van der Waals surface area contributed by atoms with E-state index in [-0.39, 0.29) is 35.5 Å². The summed E-state index contributed by atoms with van der Waals surface area (Å²) in [7, 11) is -3.08. The van der Waals surface area contributed by atoms with Crippen LogP contribution in [0, 0.1) is 0 Å². The quantitative estimate of drug-likeness (QED) is 0.674. The average molecular weight is 430 g/mol. The van der Waals surface area contributed by atoms with Crippen molar-refractivity contribution in [2.45, 2.75) is 45.1 Å². The summed E-state index contributed by atoms with van der Waals surface area (Å²) in [5.74, 6) is 0.641. The monoisotopic (exact) mass is 429 g/mol. The Hall–Kier alpha value is -2.34. The standard InChI is InChI=1S/C24H31NO4S/c1-24(2,3)20-9-11-22(12-10-20)29-17-23(26)25(21-14-16-30(27,28)18-21)15-13-19-7-5-4-6-8-19/h4-12,21H,13-18H2,1-3H3/t21-/m1/s1. The van der Waals surface area contributed by atoms with Gasteiger partial charge in [0.1, 0.15) is 5.75 Å². The van der Waals surface area contributed by atoms with Gasteiger partial charge in [-0.05, 0) is 41.5 Å². The van der Waals surface area contributed by atoms with E-state index in [2.05, 4.69) is 20.8 Å². The van der Waals surface area contributed by atoms with Crippen molar-refractivity contribution in [2.75, 3.05) is 24.7 Å². The molecule has 0 aliphatic carbocycles. The van der Waals surface area contributed by atoms with E-state index < -0.39 is 9.84 Å². The molecule has 30 heavy (non-hydrogen) atoms. The van der Waals surface area contributed by atoms with Gasteiger partial charge in [0.05, 0.1) is 11.5 Å². The van der Waals surface area contributed by atoms with Crippen molar-refractivity contribution in [1.82, 2.24) is 4.90 Å². The molecule has 2 aromatic carbocycles. The molecule has 0 N–H and O–H groups in total. The maximum Gasteiger partial charge on any atom is 0.260 e. The van der Waals surface area contributed by atoms with Crippen molar-refractivity contribution in [2.24, 2.45) is 0 Å². The molecule has 1 fully saturated rings. The molecular weight excluding hydrogens is 398 g/mol. The summed E-state index contributed by atoms with van der Waals surface area (Å²) in [6.07, 6.45) is 1.17. The van der Waals surface area contributed by atoms with Crippen molar-refractivity contribution in [1.29, 1.82) is 0 Å². The molecule has 0 aromatic heterocycles. The first-order valence-electron chi connectivity index (χ1n) is 10.4. The summed E-state index contributed by atoms with van der Waals surface area (Å²) in [6, 6.07) is 17.4. The number of rotatable bonds is 7. The fourth-order valence-corrected chi connectivity index (χ4v) is 5.44. The van der Waals surface area contributed by atoms with Gasteiger partial charge >= 0.3 is 0 Å². The maximum atomic E-state index is 13.0. The molecule has 1 amide bonds. The Morgan fingerprint density at radius 3 is 2.30 bits per heavy atom. The van der Waals surface area contributed by atoms with Gasteiger partial charge in [-0.2, -0.15) is 0 Å². The highest BCUT2D eigenvalue weighted by molar-refractivity contribution is 7.91. The number of carbonyl (C=O) groups is 1. The minimum absolute atomic E-state index is 0.0355. The number of nitrogens with zero attached hydrogens (tertiary/aromatic N) is 1. The zero-order valence-corrected chi connectivity index (χ0v) is 18.8. The van der Waals surface area contributed by atoms with Gasteiger partial charge in [-0.3, -0.25) is 4.79 Å². The van der Waals surface area contributed by atoms with Crippen LogP contribution in [-0.4, -0.2) is 49.9 Å². The molecule has 0 spiro atoms. The molecule has 1 aliphatic rings. The Balaban J connectivity index is 1.65. The lowest BCUT2D eigenvalue weighted by Gasteiger charge is -2.28. The summed E-state index contributed by atoms with van der Waals surface area (Å²) in [5.41, 5.74) is 2.37. The fourth-order valence-electron chi connectivity index (χ4n) is 3.71. The van der Waals surface area contributed by atoms with Gasteiger partial charge in [-0.15, -0.1) is 0 Å². The summed E-state index contributed by atoms with van der Waals surface area (Å²) >= 11 is 0. The predicted molar refractivity (Wildman–Crippen MR) is 120 cm³/mol. The van der Waals surface area contributed by atoms with Crippen molar-refractivity contribution >= 4 is 15.7 Å². The maximum absolute atomic E-state index is 13.0. The fraction of sp³-hybridized carbons (Fsp3) is 0.458. The van der Waals surface area contributed by atoms with Crippen LogP contribution in [0.4, 0.5) is 0 Å². The van der Waals surface area contributed by atoms with Gasteiger partial charge in [-0.25, -0.2) is 8.42 Å². The summed E-state index contributed by atoms with van der Waals surface area (Å²) in [6.45, 7) is 6.82. The number of ether oxygens (including phenoxy) is 1. The molecule has 2 aromatic rings. The molecule has 0 radical (unpaired) electrons. The topological polar surface area (TPSA) is 63.7 Å². The Morgan fingerprint density at radius 1 is 1.07 bits per heavy atom. The average Bonchev–Trinajstić information content (AvgIpc) is 3.06. The highest BCUT2D eigenvalue weighted by Gasteiger charge is 2.34. The van der Waals surface area contributed by atoms with Gasteiger partial charge in [0.15, 0.2) is 16.4 Å². The Morgan fingerprint density at radius 2 is 1.73 bits per heavy atom. The highest BCUT2D eigenvalue weighted by atomic mass is 32.2. The number of benzene rings is 2. The lowest BCUT2D eigenvalue weighted by Crippen LogP contribution is -2.44. The third kappa shape index (κ3) is 6.08. The Bertz CT molecular complexity index is 947. The molecule has 1 atom stereocenters. The Labute approximate surface area is 180 Å². The lowest BCUT2D eigenvalue weighted by molar-refractivity contribution is -0.135. The molecule has 6 heteroatoms. The van der Waals surface area contributed by atoms with Crippen LogP contribution in [0.25, 0.3) is 0 Å². The van der Waals surface area contributed by atoms with Crippen LogP contribution in [0.1, 0.15) is 38.3 Å². The van der Waals surface area contributed by atoms with E-state index in [0.717, 1.165) is 5.56 Å². The third-order valence-electron chi connectivity index (χ3n) is 5.54. The lowest BCUT2D eigenvalue weighted by atomic mass is 9.87. The van der Waals surface area contributed by atoms with Gasteiger partial charge in [0.2, 0.25) is 0 Å². The summed E-state index contributed by atoms with van der Waals surface area (Å²) in [5, 5.41) is 0. The van der Waals surface area contributed by atoms with Crippen molar-refractivity contribution in [3.05, 3.63) is 65.7 Å². The molecule has 3 rings (SSSR count). The molecule has 0 bridgehead atoms. The zero-order valence-electron chi connectivity index (χ0n) is 18.0. The van der Waals surface area contributed by atoms with E-state index in [1.54, 1.807) is 4.90 Å². The summed E-state index contributed by atoms with van der Waals surface area (Å²) < 4.78 is 29.7. The smallest absolute Gasteiger partial charge is 0.260 e. The molecule has 5 nitrogen and oxygen atoms in total. The second-order valence-electron chi connectivity index (χ2n) is 8.94. The van der Waals surface area contributed by atoms with Gasteiger partial charge in [0.25, 0.3) is 5.91 Å². The molecule has 1 heterocycles. The van der Waals surface area contributed by atoms with Crippen LogP contribution in [0.2, 0.25) is 0 Å². The van der Waals surface area contributed by atoms with Crippen LogP contribution in [0.15, 0.2) is 54.6 Å². The van der Waals surface area contributed by atoms with Crippen LogP contribution >= 0.6 is 0 Å². The predicted octanol–water partition coefficient (Wildman–Crippen LogP) is 3.62. The van der Waals surface area contributed by atoms with Crippen LogP contribution < -0.4 is 4.74 Å². The van der Waals surface area contributed by atoms with Crippen molar-refractivity contribution < 1.29 is 17.9 Å². The number of sulfone groups is 1. The van der Waals surface area contributed by atoms with Crippen molar-refractivity contribution in [3.8, 4) is 5.75 Å². The van der Waals surface area contributed by atoms with E-state index in [4.69, 9.17) is 4.74 Å². The molecule has 162 valence electrons. The van der Waals surface area contributed by atoms with Crippen LogP contribution in [0.3, 0.4) is 0 Å². The SMILES string of the molecule is CC(C)(C)c1ccc(OCC(=O)N(CCc2ccccc2)[C@@H]2CCS(=O)(=O)C2)cc1. The number of carbonyl (C=O) groups excluding carboxylic acids is 1. The van der Waals surface area contributed by atoms with E-state index in [0.29, 0.717) is 25.1 Å². The van der Waals surface area contributed by atoms with E-state index in [1.807, 2.05) is 54.6 Å². The van der Waals surface area contributed by atoms with Crippen LogP contribution in [0.5, 0.6) is 5.75 Å². The Kier molecular flexibility index (Phi) is 6.86. The number of hydrogen-bond donors (Lipinski definition) is 0. The van der Waals surface area contributed by atoms with E-state index >= 15 is 0 Å². The first-order valence-corrected chi connectivity index (χ1v) is 12.2. The van der Waals surface area contributed by atoms with Gasteiger partial charge in [0, 0.05) is 12.6 Å². The zero-order chi connectivity index (χ0) is 21.8. The molecule has 1 aliphatic heterocycles. The molecule has 0 unspecified atom stereocenters. The molecule has 0 saturated carbocycles. The molecular formula is C24H31NO4S. The normalized spacial score (nSPS) is 18.2. The van der Waals surface area contributed by atoms with Crippen LogP contribution in [-0.2, 0) is 26.5 Å². The first-order chi connectivity index (χ1) is 14.1. The second kappa shape index (κ2) is 9.21. The number of hydrogen-bond acceptors (Lipinski definition) is 4. The minimum atomic E-state index is -3.08. The second-order valence-corrected chi connectivity index (χ2v) is 11.2. The van der Waals surface area contributed by atoms with Gasteiger partial charge in [-0.1, -0.05) is 63.2 Å². The number of amides is 1. The minimum Gasteiger partial charge on any atom is -0.484 e. The van der Waals surface area contributed by atoms with E-state index in [1.165, 1.54) is 5.56 Å². The third-order valence-corrected chi connectivity index (χ3v) is 7.29. The van der Waals surface area contributed by atoms with Crippen molar-refractivity contribution in [3.63, 3.8) is 0 Å². The summed E-state index contributed by atoms with van der Waals surface area (Å²) in [4.78, 5) is 14.7.